The molecule has 6 rings (SSSR count). The first-order chi connectivity index (χ1) is 11.2. The lowest BCUT2D eigenvalue weighted by atomic mass is 9.77. The molecule has 1 aliphatic carbocycles. The maximum atomic E-state index is 12.8. The van der Waals surface area contributed by atoms with E-state index in [0.717, 1.165) is 16.5 Å². The second-order valence-electron chi connectivity index (χ2n) is 7.36. The van der Waals surface area contributed by atoms with Crippen LogP contribution in [-0.4, -0.2) is 40.5 Å². The second kappa shape index (κ2) is 4.57. The van der Waals surface area contributed by atoms with Gasteiger partial charge in [0, 0.05) is 10.9 Å². The van der Waals surface area contributed by atoms with Crippen molar-refractivity contribution in [3.05, 3.63) is 29.8 Å². The van der Waals surface area contributed by atoms with Gasteiger partial charge in [-0.3, -0.25) is 9.69 Å². The number of piperidine rings is 3. The minimum atomic E-state index is -0.0440. The summed E-state index contributed by atoms with van der Waals surface area (Å²) in [5.74, 6) is 0.586. The summed E-state index contributed by atoms with van der Waals surface area (Å²) in [6.45, 7) is 4.39. The third-order valence-electron chi connectivity index (χ3n) is 6.16. The van der Waals surface area contributed by atoms with Crippen LogP contribution in [0.1, 0.15) is 41.7 Å². The molecule has 5 nitrogen and oxygen atoms in total. The van der Waals surface area contributed by atoms with Crippen LogP contribution in [0.5, 0.6) is 0 Å². The summed E-state index contributed by atoms with van der Waals surface area (Å²) in [4.78, 5) is 19.7. The Hall–Kier alpha value is -1.88. The van der Waals surface area contributed by atoms with Gasteiger partial charge in [-0.2, -0.15) is 0 Å². The highest BCUT2D eigenvalue weighted by molar-refractivity contribution is 5.96. The Morgan fingerprint density at radius 3 is 2.91 bits per heavy atom. The molecule has 120 valence electrons. The molecule has 3 aliphatic heterocycles. The van der Waals surface area contributed by atoms with Gasteiger partial charge in [0.25, 0.3) is 5.91 Å². The van der Waals surface area contributed by atoms with Gasteiger partial charge < -0.3 is 9.73 Å². The zero-order chi connectivity index (χ0) is 15.6. The molecule has 2 aromatic heterocycles. The van der Waals surface area contributed by atoms with E-state index in [1.165, 1.54) is 38.8 Å². The largest absolute Gasteiger partial charge is 0.462 e. The third-order valence-corrected chi connectivity index (χ3v) is 6.16. The number of amides is 1. The van der Waals surface area contributed by atoms with E-state index in [0.29, 0.717) is 17.7 Å². The molecule has 1 spiro atoms. The number of nitrogens with one attached hydrogen (secondary N) is 1. The maximum absolute atomic E-state index is 12.8. The number of hydrogen-bond donors (Lipinski definition) is 1. The van der Waals surface area contributed by atoms with E-state index in [1.54, 1.807) is 12.5 Å². The number of rotatable bonds is 2. The lowest BCUT2D eigenvalue weighted by Gasteiger charge is -2.52. The number of carbonyl (C=O) groups is 1. The molecule has 23 heavy (non-hydrogen) atoms. The number of nitrogens with zero attached hydrogens (tertiary/aromatic N) is 2. The number of fused-ring (bicyclic) bond motifs is 3. The standard InChI is InChI=1S/C18H21N3O2/c1-11-10-23-15-9-19-14(8-13(11)15)17(22)20-16-12-2-6-21(7-3-12)18(16)4-5-18/h8-10,12,16H,2-7H2,1H3,(H,20,22)/t16-/m1/s1. The van der Waals surface area contributed by atoms with E-state index >= 15 is 0 Å². The fourth-order valence-electron chi connectivity index (χ4n) is 4.72. The highest BCUT2D eigenvalue weighted by Crippen LogP contribution is 2.53. The van der Waals surface area contributed by atoms with Crippen LogP contribution in [0.2, 0.25) is 0 Å². The first-order valence-corrected chi connectivity index (χ1v) is 8.57. The quantitative estimate of drug-likeness (QED) is 0.926. The van der Waals surface area contributed by atoms with Crippen molar-refractivity contribution in [2.24, 2.45) is 5.92 Å². The van der Waals surface area contributed by atoms with Crippen LogP contribution in [0.4, 0.5) is 0 Å². The van der Waals surface area contributed by atoms with Gasteiger partial charge in [0.05, 0.1) is 18.5 Å². The number of furan rings is 1. The summed E-state index contributed by atoms with van der Waals surface area (Å²) in [6, 6.07) is 2.14. The van der Waals surface area contributed by atoms with Gasteiger partial charge in [-0.25, -0.2) is 4.98 Å². The predicted molar refractivity (Wildman–Crippen MR) is 86.3 cm³/mol. The molecule has 3 saturated heterocycles. The predicted octanol–water partition coefficient (Wildman–Crippen LogP) is 2.49. The zero-order valence-electron chi connectivity index (χ0n) is 13.3. The van der Waals surface area contributed by atoms with Crippen molar-refractivity contribution in [2.45, 2.75) is 44.2 Å². The van der Waals surface area contributed by atoms with E-state index in [1.807, 2.05) is 13.0 Å². The lowest BCUT2D eigenvalue weighted by molar-refractivity contribution is -0.00152. The van der Waals surface area contributed by atoms with Gasteiger partial charge in [-0.05, 0) is 63.2 Å². The number of aromatic nitrogens is 1. The molecule has 1 amide bonds. The van der Waals surface area contributed by atoms with Crippen LogP contribution < -0.4 is 5.32 Å². The maximum Gasteiger partial charge on any atom is 0.270 e. The fourth-order valence-corrected chi connectivity index (χ4v) is 4.72. The molecule has 5 heterocycles. The van der Waals surface area contributed by atoms with E-state index in [4.69, 9.17) is 4.42 Å². The minimum absolute atomic E-state index is 0.0440. The van der Waals surface area contributed by atoms with Gasteiger partial charge in [-0.15, -0.1) is 0 Å². The molecule has 4 fully saturated rings. The summed E-state index contributed by atoms with van der Waals surface area (Å²) in [5.41, 5.74) is 2.53. The van der Waals surface area contributed by atoms with Crippen molar-refractivity contribution in [1.82, 2.24) is 15.2 Å². The van der Waals surface area contributed by atoms with Gasteiger partial charge in [0.1, 0.15) is 5.69 Å². The highest BCUT2D eigenvalue weighted by atomic mass is 16.3. The van der Waals surface area contributed by atoms with Crippen molar-refractivity contribution in [3.63, 3.8) is 0 Å². The Morgan fingerprint density at radius 1 is 1.39 bits per heavy atom. The molecule has 1 saturated carbocycles. The van der Waals surface area contributed by atoms with Crippen LogP contribution >= 0.6 is 0 Å². The van der Waals surface area contributed by atoms with Crippen molar-refractivity contribution in [3.8, 4) is 0 Å². The zero-order valence-corrected chi connectivity index (χ0v) is 13.3. The average Bonchev–Trinajstić information content (AvgIpc) is 3.28. The van der Waals surface area contributed by atoms with Crippen LogP contribution in [-0.2, 0) is 0 Å². The van der Waals surface area contributed by atoms with E-state index < -0.39 is 0 Å². The molecule has 4 aliphatic rings. The number of aryl methyl sites for hydroxylation is 1. The molecule has 0 radical (unpaired) electrons. The third kappa shape index (κ3) is 1.89. The van der Waals surface area contributed by atoms with E-state index in [9.17, 15) is 4.79 Å². The van der Waals surface area contributed by atoms with Gasteiger partial charge in [-0.1, -0.05) is 0 Å². The summed E-state index contributed by atoms with van der Waals surface area (Å²) in [7, 11) is 0. The smallest absolute Gasteiger partial charge is 0.270 e. The van der Waals surface area contributed by atoms with Crippen LogP contribution in [0, 0.1) is 12.8 Å². The van der Waals surface area contributed by atoms with Crippen LogP contribution in [0.25, 0.3) is 11.0 Å². The van der Waals surface area contributed by atoms with Crippen molar-refractivity contribution in [2.75, 3.05) is 13.1 Å². The van der Waals surface area contributed by atoms with Crippen LogP contribution in [0.15, 0.2) is 22.9 Å². The Labute approximate surface area is 135 Å². The van der Waals surface area contributed by atoms with Crippen molar-refractivity contribution >= 4 is 16.9 Å². The SMILES string of the molecule is Cc1coc2cnc(C(=O)N[C@@H]3C4CCN(CC4)C34CC4)cc12. The average molecular weight is 311 g/mol. The lowest BCUT2D eigenvalue weighted by Crippen LogP contribution is -2.65. The summed E-state index contributed by atoms with van der Waals surface area (Å²) in [6.07, 6.45) is 8.23. The Kier molecular flexibility index (Phi) is 2.69. The molecule has 2 aromatic rings. The first kappa shape index (κ1) is 13.5. The summed E-state index contributed by atoms with van der Waals surface area (Å²) >= 11 is 0. The van der Waals surface area contributed by atoms with E-state index in [2.05, 4.69) is 15.2 Å². The first-order valence-electron chi connectivity index (χ1n) is 8.57. The molecule has 5 heteroatoms. The van der Waals surface area contributed by atoms with Gasteiger partial charge in [0.15, 0.2) is 5.58 Å². The number of carbonyl (C=O) groups excluding carboxylic acids is 1. The highest BCUT2D eigenvalue weighted by Gasteiger charge is 2.60. The Bertz CT molecular complexity index is 785. The molecule has 1 atom stereocenters. The second-order valence-corrected chi connectivity index (χ2v) is 7.36. The molecule has 1 N–H and O–H groups in total. The van der Waals surface area contributed by atoms with Gasteiger partial charge in [0.2, 0.25) is 0 Å². The van der Waals surface area contributed by atoms with Crippen molar-refractivity contribution in [1.29, 1.82) is 0 Å². The summed E-state index contributed by atoms with van der Waals surface area (Å²) < 4.78 is 5.42. The molecular formula is C18H21N3O2. The van der Waals surface area contributed by atoms with Crippen molar-refractivity contribution < 1.29 is 9.21 Å². The monoisotopic (exact) mass is 311 g/mol. The van der Waals surface area contributed by atoms with Gasteiger partial charge >= 0.3 is 0 Å². The topological polar surface area (TPSA) is 58.4 Å². The Balaban J connectivity index is 1.43. The minimum Gasteiger partial charge on any atom is -0.462 e. The Morgan fingerprint density at radius 2 is 2.17 bits per heavy atom. The molecule has 0 unspecified atom stereocenters. The molecule has 2 bridgehead atoms. The normalized spacial score (nSPS) is 30.7. The summed E-state index contributed by atoms with van der Waals surface area (Å²) in [5, 5.41) is 4.29. The van der Waals surface area contributed by atoms with E-state index in [-0.39, 0.29) is 11.4 Å². The number of pyridine rings is 1. The number of hydrogen-bond acceptors (Lipinski definition) is 4. The molecule has 0 aromatic carbocycles. The van der Waals surface area contributed by atoms with Crippen LogP contribution in [0.3, 0.4) is 0 Å². The molecular weight excluding hydrogens is 290 g/mol. The fraction of sp³-hybridized carbons (Fsp3) is 0.556.